The number of hydrogen-bond donors (Lipinski definition) is 1. The number of benzene rings is 2. The Kier molecular flexibility index (Phi) is 5.58. The van der Waals surface area contributed by atoms with Crippen LogP contribution in [0.3, 0.4) is 0 Å². The fourth-order valence-electron chi connectivity index (χ4n) is 2.23. The van der Waals surface area contributed by atoms with Crippen LogP contribution in [0.2, 0.25) is 0 Å². The number of hydrogen-bond acceptors (Lipinski definition) is 3. The van der Waals surface area contributed by atoms with Crippen LogP contribution < -0.4 is 15.4 Å². The van der Waals surface area contributed by atoms with Crippen LogP contribution in [0.25, 0.3) is 0 Å². The molecule has 2 rings (SSSR count). The lowest BCUT2D eigenvalue weighted by molar-refractivity contribution is 0.415. The van der Waals surface area contributed by atoms with Gasteiger partial charge in [-0.2, -0.15) is 0 Å². The molecule has 4 heteroatoms. The van der Waals surface area contributed by atoms with Gasteiger partial charge >= 0.3 is 0 Å². The van der Waals surface area contributed by atoms with E-state index in [1.807, 2.05) is 30.3 Å². The molecule has 0 fully saturated rings. The molecule has 0 atom stereocenters. The summed E-state index contributed by atoms with van der Waals surface area (Å²) < 4.78 is 18.5. The second-order valence-corrected chi connectivity index (χ2v) is 4.89. The van der Waals surface area contributed by atoms with Gasteiger partial charge in [-0.05, 0) is 54.9 Å². The second kappa shape index (κ2) is 7.64. The lowest BCUT2D eigenvalue weighted by Gasteiger charge is -2.25. The van der Waals surface area contributed by atoms with Gasteiger partial charge in [0.1, 0.15) is 11.6 Å². The van der Waals surface area contributed by atoms with Crippen molar-refractivity contribution in [1.82, 2.24) is 0 Å². The summed E-state index contributed by atoms with van der Waals surface area (Å²) in [6.07, 6.45) is 0.890. The van der Waals surface area contributed by atoms with Gasteiger partial charge in [-0.3, -0.25) is 0 Å². The molecular weight excluding hydrogens is 267 g/mol. The monoisotopic (exact) mass is 288 g/mol. The molecule has 0 saturated carbocycles. The van der Waals surface area contributed by atoms with Gasteiger partial charge in [0.25, 0.3) is 0 Å². The first-order valence-corrected chi connectivity index (χ1v) is 7.06. The normalized spacial score (nSPS) is 10.4. The molecular formula is C17H21FN2O. The highest BCUT2D eigenvalue weighted by atomic mass is 19.1. The quantitative estimate of drug-likeness (QED) is 0.850. The topological polar surface area (TPSA) is 38.5 Å². The summed E-state index contributed by atoms with van der Waals surface area (Å²) in [7, 11) is 1.65. The zero-order valence-corrected chi connectivity index (χ0v) is 12.3. The van der Waals surface area contributed by atoms with Crippen molar-refractivity contribution >= 4 is 5.69 Å². The van der Waals surface area contributed by atoms with Gasteiger partial charge < -0.3 is 15.4 Å². The second-order valence-electron chi connectivity index (χ2n) is 4.89. The van der Waals surface area contributed by atoms with Crippen LogP contribution in [0.4, 0.5) is 10.1 Å². The summed E-state index contributed by atoms with van der Waals surface area (Å²) >= 11 is 0. The highest BCUT2D eigenvalue weighted by Gasteiger charge is 2.08. The SMILES string of the molecule is COc1ccc(N(CCCN)Cc2cccc(F)c2)cc1. The first kappa shape index (κ1) is 15.3. The van der Waals surface area contributed by atoms with Crippen LogP contribution in [0.1, 0.15) is 12.0 Å². The summed E-state index contributed by atoms with van der Waals surface area (Å²) in [5.41, 5.74) is 7.64. The van der Waals surface area contributed by atoms with Gasteiger partial charge in [-0.1, -0.05) is 12.1 Å². The summed E-state index contributed by atoms with van der Waals surface area (Å²) in [4.78, 5) is 2.20. The third-order valence-electron chi connectivity index (χ3n) is 3.33. The van der Waals surface area contributed by atoms with Crippen molar-refractivity contribution < 1.29 is 9.13 Å². The van der Waals surface area contributed by atoms with Crippen LogP contribution in [-0.4, -0.2) is 20.2 Å². The molecule has 2 N–H and O–H groups in total. The van der Waals surface area contributed by atoms with E-state index in [4.69, 9.17) is 10.5 Å². The number of ether oxygens (including phenoxy) is 1. The minimum atomic E-state index is -0.207. The molecule has 0 radical (unpaired) electrons. The van der Waals surface area contributed by atoms with E-state index in [1.54, 1.807) is 19.2 Å². The molecule has 2 aromatic carbocycles. The highest BCUT2D eigenvalue weighted by molar-refractivity contribution is 5.49. The molecule has 0 heterocycles. The molecule has 21 heavy (non-hydrogen) atoms. The Morgan fingerprint density at radius 1 is 1.14 bits per heavy atom. The molecule has 0 bridgehead atoms. The predicted octanol–water partition coefficient (Wildman–Crippen LogP) is 3.19. The Morgan fingerprint density at radius 2 is 1.90 bits per heavy atom. The Hall–Kier alpha value is -2.07. The van der Waals surface area contributed by atoms with E-state index in [0.717, 1.165) is 30.0 Å². The molecule has 0 aliphatic carbocycles. The molecule has 112 valence electrons. The maximum absolute atomic E-state index is 13.3. The third-order valence-corrected chi connectivity index (χ3v) is 3.33. The van der Waals surface area contributed by atoms with E-state index in [0.29, 0.717) is 13.1 Å². The molecule has 0 amide bonds. The van der Waals surface area contributed by atoms with Crippen LogP contribution >= 0.6 is 0 Å². The van der Waals surface area contributed by atoms with E-state index in [-0.39, 0.29) is 5.82 Å². The van der Waals surface area contributed by atoms with E-state index in [2.05, 4.69) is 4.90 Å². The Bertz CT molecular complexity index is 557. The zero-order valence-electron chi connectivity index (χ0n) is 12.3. The smallest absolute Gasteiger partial charge is 0.123 e. The highest BCUT2D eigenvalue weighted by Crippen LogP contribution is 2.21. The molecule has 2 aromatic rings. The number of rotatable bonds is 7. The van der Waals surface area contributed by atoms with Gasteiger partial charge in [0.05, 0.1) is 7.11 Å². The van der Waals surface area contributed by atoms with Crippen molar-refractivity contribution in [2.24, 2.45) is 5.73 Å². The van der Waals surface area contributed by atoms with Gasteiger partial charge in [0.15, 0.2) is 0 Å². The zero-order chi connectivity index (χ0) is 15.1. The van der Waals surface area contributed by atoms with Crippen molar-refractivity contribution in [3.8, 4) is 5.75 Å². The molecule has 0 aliphatic heterocycles. The van der Waals surface area contributed by atoms with Crippen molar-refractivity contribution in [3.63, 3.8) is 0 Å². The number of halogens is 1. The summed E-state index contributed by atoms with van der Waals surface area (Å²) in [5, 5.41) is 0. The average molecular weight is 288 g/mol. The van der Waals surface area contributed by atoms with E-state index >= 15 is 0 Å². The molecule has 3 nitrogen and oxygen atoms in total. The van der Waals surface area contributed by atoms with Crippen molar-refractivity contribution in [1.29, 1.82) is 0 Å². The van der Waals surface area contributed by atoms with Gasteiger partial charge in [0, 0.05) is 18.8 Å². The maximum Gasteiger partial charge on any atom is 0.123 e. The Labute approximate surface area is 125 Å². The van der Waals surface area contributed by atoms with Gasteiger partial charge in [0.2, 0.25) is 0 Å². The summed E-state index contributed by atoms with van der Waals surface area (Å²) in [5.74, 6) is 0.615. The standard InChI is InChI=1S/C17H21FN2O/c1-21-17-8-6-16(7-9-17)20(11-3-10-19)13-14-4-2-5-15(18)12-14/h2,4-9,12H,3,10-11,13,19H2,1H3. The van der Waals surface area contributed by atoms with E-state index < -0.39 is 0 Å². The number of anilines is 1. The Balaban J connectivity index is 2.16. The minimum Gasteiger partial charge on any atom is -0.497 e. The van der Waals surface area contributed by atoms with Crippen LogP contribution in [0.5, 0.6) is 5.75 Å². The number of nitrogens with two attached hydrogens (primary N) is 1. The minimum absolute atomic E-state index is 0.207. The lowest BCUT2D eigenvalue weighted by atomic mass is 10.1. The van der Waals surface area contributed by atoms with Crippen molar-refractivity contribution in [2.45, 2.75) is 13.0 Å². The van der Waals surface area contributed by atoms with Crippen molar-refractivity contribution in [3.05, 3.63) is 59.9 Å². The number of nitrogens with zero attached hydrogens (tertiary/aromatic N) is 1. The fraction of sp³-hybridized carbons (Fsp3) is 0.294. The molecule has 0 saturated heterocycles. The first-order chi connectivity index (χ1) is 10.2. The Morgan fingerprint density at radius 3 is 2.52 bits per heavy atom. The molecule has 0 spiro atoms. The fourth-order valence-corrected chi connectivity index (χ4v) is 2.23. The van der Waals surface area contributed by atoms with E-state index in [9.17, 15) is 4.39 Å². The molecule has 0 aliphatic rings. The lowest BCUT2D eigenvalue weighted by Crippen LogP contribution is -2.25. The molecule has 0 unspecified atom stereocenters. The van der Waals surface area contributed by atoms with E-state index in [1.165, 1.54) is 6.07 Å². The van der Waals surface area contributed by atoms with Gasteiger partial charge in [-0.25, -0.2) is 4.39 Å². The summed E-state index contributed by atoms with van der Waals surface area (Å²) in [6.45, 7) is 2.12. The molecule has 0 aromatic heterocycles. The largest absolute Gasteiger partial charge is 0.497 e. The van der Waals surface area contributed by atoms with Gasteiger partial charge in [-0.15, -0.1) is 0 Å². The maximum atomic E-state index is 13.3. The van der Waals surface area contributed by atoms with Crippen LogP contribution in [0.15, 0.2) is 48.5 Å². The average Bonchev–Trinajstić information content (AvgIpc) is 2.51. The third kappa shape index (κ3) is 4.46. The predicted molar refractivity (Wildman–Crippen MR) is 84.1 cm³/mol. The van der Waals surface area contributed by atoms with Crippen molar-refractivity contribution in [2.75, 3.05) is 25.1 Å². The first-order valence-electron chi connectivity index (χ1n) is 7.06. The summed E-state index contributed by atoms with van der Waals surface area (Å²) in [6, 6.07) is 14.6. The van der Waals surface area contributed by atoms with Crippen LogP contribution in [-0.2, 0) is 6.54 Å². The number of methoxy groups -OCH3 is 1. The van der Waals surface area contributed by atoms with Crippen LogP contribution in [0, 0.1) is 5.82 Å².